The number of nitrogens with two attached hydrogens (primary N) is 1. The van der Waals surface area contributed by atoms with E-state index in [1.165, 1.54) is 0 Å². The molecule has 0 bridgehead atoms. The summed E-state index contributed by atoms with van der Waals surface area (Å²) in [5, 5.41) is 2.88. The molecule has 106 valence electrons. The Morgan fingerprint density at radius 3 is 2.53 bits per heavy atom. The van der Waals surface area contributed by atoms with Gasteiger partial charge in [-0.15, -0.1) is 0 Å². The third-order valence-electron chi connectivity index (χ3n) is 3.28. The fourth-order valence-electron chi connectivity index (χ4n) is 1.71. The molecule has 1 rings (SSSR count). The normalized spacial score (nSPS) is 12.7. The summed E-state index contributed by atoms with van der Waals surface area (Å²) in [6.45, 7) is 5.73. The minimum Gasteiger partial charge on any atom is -0.353 e. The molecule has 1 aromatic carbocycles. The maximum atomic E-state index is 11.8. The van der Waals surface area contributed by atoms with E-state index in [1.54, 1.807) is 0 Å². The summed E-state index contributed by atoms with van der Waals surface area (Å²) in [5.74, 6) is -0.0824. The summed E-state index contributed by atoms with van der Waals surface area (Å²) < 4.78 is 0. The molecule has 0 aromatic heterocycles. The number of nitrogens with zero attached hydrogens (tertiary/aromatic N) is 1. The van der Waals surface area contributed by atoms with Crippen LogP contribution in [0, 0.1) is 0 Å². The van der Waals surface area contributed by atoms with Crippen LogP contribution in [0.4, 0.5) is 0 Å². The zero-order valence-electron chi connectivity index (χ0n) is 12.1. The quantitative estimate of drug-likeness (QED) is 0.772. The lowest BCUT2D eigenvalue weighted by Crippen LogP contribution is -2.44. The van der Waals surface area contributed by atoms with E-state index in [2.05, 4.69) is 24.1 Å². The minimum atomic E-state index is -0.480. The molecule has 0 heterocycles. The molecule has 1 aromatic rings. The van der Waals surface area contributed by atoms with Crippen molar-refractivity contribution in [1.29, 1.82) is 0 Å². The van der Waals surface area contributed by atoms with Gasteiger partial charge in [0.05, 0.1) is 6.04 Å². The van der Waals surface area contributed by atoms with Gasteiger partial charge in [-0.3, -0.25) is 4.79 Å². The highest BCUT2D eigenvalue weighted by molar-refractivity contribution is 5.81. The Balaban J connectivity index is 2.29. The predicted molar refractivity (Wildman–Crippen MR) is 78.9 cm³/mol. The van der Waals surface area contributed by atoms with Gasteiger partial charge < -0.3 is 16.0 Å². The predicted octanol–water partition coefficient (Wildman–Crippen LogP) is 1.01. The number of hydrogen-bond donors (Lipinski definition) is 2. The van der Waals surface area contributed by atoms with E-state index in [0.29, 0.717) is 19.0 Å². The summed E-state index contributed by atoms with van der Waals surface area (Å²) in [4.78, 5) is 14.0. The van der Waals surface area contributed by atoms with Gasteiger partial charge in [-0.2, -0.15) is 0 Å². The average Bonchev–Trinajstić information content (AvgIpc) is 2.39. The van der Waals surface area contributed by atoms with Crippen LogP contribution in [0.2, 0.25) is 0 Å². The average molecular weight is 263 g/mol. The Morgan fingerprint density at radius 1 is 1.32 bits per heavy atom. The highest BCUT2D eigenvalue weighted by Gasteiger charge is 2.13. The monoisotopic (exact) mass is 263 g/mol. The van der Waals surface area contributed by atoms with Gasteiger partial charge in [0, 0.05) is 19.1 Å². The van der Waals surface area contributed by atoms with Crippen molar-refractivity contribution in [1.82, 2.24) is 10.2 Å². The molecule has 0 saturated heterocycles. The largest absolute Gasteiger partial charge is 0.353 e. The standard InChI is InChI=1S/C15H25N3O/c1-12(2)18(3)10-9-17-15(19)14(16)11-13-7-5-4-6-8-13/h4-8,12,14H,9-11,16H2,1-3H3,(H,17,19). The van der Waals surface area contributed by atoms with Crippen LogP contribution in [0.15, 0.2) is 30.3 Å². The van der Waals surface area contributed by atoms with Gasteiger partial charge in [-0.25, -0.2) is 0 Å². The van der Waals surface area contributed by atoms with Gasteiger partial charge in [0.25, 0.3) is 0 Å². The van der Waals surface area contributed by atoms with Crippen LogP contribution in [0.3, 0.4) is 0 Å². The second kappa shape index (κ2) is 7.92. The van der Waals surface area contributed by atoms with Crippen LogP contribution < -0.4 is 11.1 Å². The molecule has 1 unspecified atom stereocenters. The van der Waals surface area contributed by atoms with Crippen LogP contribution in [0.1, 0.15) is 19.4 Å². The van der Waals surface area contributed by atoms with Gasteiger partial charge in [-0.1, -0.05) is 30.3 Å². The number of benzene rings is 1. The zero-order chi connectivity index (χ0) is 14.3. The van der Waals surface area contributed by atoms with Gasteiger partial charge in [-0.05, 0) is 32.9 Å². The summed E-state index contributed by atoms with van der Waals surface area (Å²) in [6, 6.07) is 9.84. The van der Waals surface area contributed by atoms with Crippen LogP contribution >= 0.6 is 0 Å². The Morgan fingerprint density at radius 2 is 1.95 bits per heavy atom. The van der Waals surface area contributed by atoms with Crippen molar-refractivity contribution < 1.29 is 4.79 Å². The fraction of sp³-hybridized carbons (Fsp3) is 0.533. The maximum absolute atomic E-state index is 11.8. The first-order valence-corrected chi connectivity index (χ1v) is 6.78. The van der Waals surface area contributed by atoms with E-state index in [4.69, 9.17) is 5.73 Å². The van der Waals surface area contributed by atoms with Crippen molar-refractivity contribution in [2.24, 2.45) is 5.73 Å². The van der Waals surface area contributed by atoms with Crippen LogP contribution in [0.5, 0.6) is 0 Å². The molecule has 3 N–H and O–H groups in total. The first-order valence-electron chi connectivity index (χ1n) is 6.78. The smallest absolute Gasteiger partial charge is 0.237 e. The number of rotatable bonds is 7. The Labute approximate surface area is 116 Å². The van der Waals surface area contributed by atoms with E-state index in [-0.39, 0.29) is 5.91 Å². The summed E-state index contributed by atoms with van der Waals surface area (Å²) >= 11 is 0. The fourth-order valence-corrected chi connectivity index (χ4v) is 1.71. The van der Waals surface area contributed by atoms with Gasteiger partial charge in [0.15, 0.2) is 0 Å². The van der Waals surface area contributed by atoms with Gasteiger partial charge in [0.2, 0.25) is 5.91 Å². The van der Waals surface area contributed by atoms with Crippen molar-refractivity contribution in [3.8, 4) is 0 Å². The molecule has 0 spiro atoms. The molecule has 1 atom stereocenters. The van der Waals surface area contributed by atoms with Crippen molar-refractivity contribution >= 4 is 5.91 Å². The maximum Gasteiger partial charge on any atom is 0.237 e. The Hall–Kier alpha value is -1.39. The number of hydrogen-bond acceptors (Lipinski definition) is 3. The van der Waals surface area contributed by atoms with Crippen molar-refractivity contribution in [2.45, 2.75) is 32.4 Å². The van der Waals surface area contributed by atoms with E-state index in [0.717, 1.165) is 12.1 Å². The molecule has 0 aliphatic rings. The molecule has 4 heteroatoms. The van der Waals surface area contributed by atoms with Gasteiger partial charge in [0.1, 0.15) is 0 Å². The lowest BCUT2D eigenvalue weighted by atomic mass is 10.1. The minimum absolute atomic E-state index is 0.0824. The summed E-state index contributed by atoms with van der Waals surface area (Å²) in [6.07, 6.45) is 0.576. The molecule has 0 radical (unpaired) electrons. The lowest BCUT2D eigenvalue weighted by Gasteiger charge is -2.21. The molecular formula is C15H25N3O. The summed E-state index contributed by atoms with van der Waals surface area (Å²) in [5.41, 5.74) is 6.99. The Bertz CT molecular complexity index is 378. The summed E-state index contributed by atoms with van der Waals surface area (Å²) in [7, 11) is 2.04. The number of carbonyl (C=O) groups excluding carboxylic acids is 1. The Kier molecular flexibility index (Phi) is 6.53. The van der Waals surface area contributed by atoms with E-state index in [1.807, 2.05) is 37.4 Å². The third-order valence-corrected chi connectivity index (χ3v) is 3.28. The van der Waals surface area contributed by atoms with E-state index >= 15 is 0 Å². The van der Waals surface area contributed by atoms with Crippen molar-refractivity contribution in [3.05, 3.63) is 35.9 Å². The zero-order valence-corrected chi connectivity index (χ0v) is 12.1. The third kappa shape index (κ3) is 5.85. The molecule has 0 saturated carbocycles. The topological polar surface area (TPSA) is 58.4 Å². The van der Waals surface area contributed by atoms with Gasteiger partial charge >= 0.3 is 0 Å². The lowest BCUT2D eigenvalue weighted by molar-refractivity contribution is -0.122. The van der Waals surface area contributed by atoms with E-state index in [9.17, 15) is 4.79 Å². The molecule has 0 aliphatic heterocycles. The molecule has 0 aliphatic carbocycles. The number of amides is 1. The second-order valence-corrected chi connectivity index (χ2v) is 5.16. The number of likely N-dealkylation sites (N-methyl/N-ethyl adjacent to an activating group) is 1. The van der Waals surface area contributed by atoms with Crippen molar-refractivity contribution in [3.63, 3.8) is 0 Å². The molecule has 4 nitrogen and oxygen atoms in total. The molecule has 19 heavy (non-hydrogen) atoms. The molecule has 0 fully saturated rings. The SMILES string of the molecule is CC(C)N(C)CCNC(=O)C(N)Cc1ccccc1. The van der Waals surface area contributed by atoms with Crippen LogP contribution in [0.25, 0.3) is 0 Å². The van der Waals surface area contributed by atoms with Crippen LogP contribution in [-0.2, 0) is 11.2 Å². The molecule has 1 amide bonds. The van der Waals surface area contributed by atoms with Crippen LogP contribution in [-0.4, -0.2) is 43.0 Å². The number of carbonyl (C=O) groups is 1. The number of nitrogens with one attached hydrogen (secondary N) is 1. The highest BCUT2D eigenvalue weighted by Crippen LogP contribution is 2.01. The highest BCUT2D eigenvalue weighted by atomic mass is 16.2. The van der Waals surface area contributed by atoms with E-state index < -0.39 is 6.04 Å². The first kappa shape index (κ1) is 15.7. The first-order chi connectivity index (χ1) is 9.00. The van der Waals surface area contributed by atoms with Crippen molar-refractivity contribution in [2.75, 3.05) is 20.1 Å². The second-order valence-electron chi connectivity index (χ2n) is 5.16. The molecular weight excluding hydrogens is 238 g/mol.